The van der Waals surface area contributed by atoms with Crippen molar-refractivity contribution in [2.24, 2.45) is 0 Å². The van der Waals surface area contributed by atoms with E-state index >= 15 is 0 Å². The van der Waals surface area contributed by atoms with Crippen LogP contribution in [0.3, 0.4) is 0 Å². The summed E-state index contributed by atoms with van der Waals surface area (Å²) in [7, 11) is 0. The van der Waals surface area contributed by atoms with E-state index < -0.39 is 0 Å². The fourth-order valence-corrected chi connectivity index (χ4v) is 0.796. The van der Waals surface area contributed by atoms with Gasteiger partial charge in [0.25, 0.3) is 0 Å². The summed E-state index contributed by atoms with van der Waals surface area (Å²) in [6.45, 7) is 0. The molecule has 0 unspecified atom stereocenters. The Morgan fingerprint density at radius 2 is 2.50 bits per heavy atom. The van der Waals surface area contributed by atoms with Crippen molar-refractivity contribution < 1.29 is 0 Å². The highest BCUT2D eigenvalue weighted by atomic mass is 15.3. The predicted molar refractivity (Wildman–Crippen MR) is 35.7 cm³/mol. The van der Waals surface area contributed by atoms with Crippen molar-refractivity contribution in [1.82, 2.24) is 19.7 Å². The SMILES string of the molecule is c1c[nH]c(-n2cncn2)c1. The van der Waals surface area contributed by atoms with E-state index in [0.717, 1.165) is 5.82 Å². The molecule has 2 heterocycles. The highest BCUT2D eigenvalue weighted by Crippen LogP contribution is 1.98. The van der Waals surface area contributed by atoms with Crippen molar-refractivity contribution in [3.8, 4) is 5.82 Å². The summed E-state index contributed by atoms with van der Waals surface area (Å²) in [5.41, 5.74) is 0. The van der Waals surface area contributed by atoms with Gasteiger partial charge in [-0.05, 0) is 12.1 Å². The molecule has 0 amide bonds. The van der Waals surface area contributed by atoms with Crippen LogP contribution in [0.1, 0.15) is 0 Å². The van der Waals surface area contributed by atoms with Gasteiger partial charge in [0, 0.05) is 6.20 Å². The van der Waals surface area contributed by atoms with Crippen molar-refractivity contribution in [3.05, 3.63) is 31.0 Å². The zero-order chi connectivity index (χ0) is 6.81. The van der Waals surface area contributed by atoms with Gasteiger partial charge in [-0.25, -0.2) is 9.67 Å². The number of aromatic nitrogens is 4. The first-order valence-electron chi connectivity index (χ1n) is 2.95. The molecule has 4 heteroatoms. The van der Waals surface area contributed by atoms with E-state index in [4.69, 9.17) is 0 Å². The molecular weight excluding hydrogens is 128 g/mol. The quantitative estimate of drug-likeness (QED) is 0.620. The smallest absolute Gasteiger partial charge is 0.138 e. The Bertz CT molecular complexity index is 249. The highest BCUT2D eigenvalue weighted by molar-refractivity contribution is 5.19. The lowest BCUT2D eigenvalue weighted by Gasteiger charge is -1.91. The Morgan fingerprint density at radius 3 is 3.10 bits per heavy atom. The average Bonchev–Trinajstić information content (AvgIpc) is 2.59. The first kappa shape index (κ1) is 5.22. The van der Waals surface area contributed by atoms with Crippen molar-refractivity contribution in [2.45, 2.75) is 0 Å². The van der Waals surface area contributed by atoms with Crippen LogP contribution < -0.4 is 0 Å². The van der Waals surface area contributed by atoms with E-state index in [9.17, 15) is 0 Å². The van der Waals surface area contributed by atoms with E-state index in [1.54, 1.807) is 11.0 Å². The number of aromatic amines is 1. The van der Waals surface area contributed by atoms with Gasteiger partial charge in [-0.15, -0.1) is 0 Å². The van der Waals surface area contributed by atoms with E-state index in [1.165, 1.54) is 6.33 Å². The molecule has 0 saturated heterocycles. The van der Waals surface area contributed by atoms with E-state index in [1.807, 2.05) is 18.3 Å². The van der Waals surface area contributed by atoms with E-state index in [2.05, 4.69) is 15.1 Å². The van der Waals surface area contributed by atoms with Crippen molar-refractivity contribution >= 4 is 0 Å². The van der Waals surface area contributed by atoms with E-state index in [0.29, 0.717) is 0 Å². The van der Waals surface area contributed by atoms with E-state index in [-0.39, 0.29) is 0 Å². The first-order valence-corrected chi connectivity index (χ1v) is 2.95. The maximum Gasteiger partial charge on any atom is 0.138 e. The number of nitrogens with zero attached hydrogens (tertiary/aromatic N) is 3. The zero-order valence-electron chi connectivity index (χ0n) is 5.23. The number of hydrogen-bond acceptors (Lipinski definition) is 2. The maximum absolute atomic E-state index is 3.93. The van der Waals surface area contributed by atoms with Gasteiger partial charge < -0.3 is 4.98 Å². The Hall–Kier alpha value is -1.58. The molecule has 0 aromatic carbocycles. The highest BCUT2D eigenvalue weighted by Gasteiger charge is 1.92. The second kappa shape index (κ2) is 1.98. The molecule has 0 spiro atoms. The van der Waals surface area contributed by atoms with Crippen LogP contribution in [0.25, 0.3) is 5.82 Å². The molecule has 2 aromatic heterocycles. The second-order valence-corrected chi connectivity index (χ2v) is 1.90. The van der Waals surface area contributed by atoms with Gasteiger partial charge >= 0.3 is 0 Å². The van der Waals surface area contributed by atoms with Crippen LogP contribution in [0.15, 0.2) is 31.0 Å². The average molecular weight is 134 g/mol. The van der Waals surface area contributed by atoms with Crippen LogP contribution >= 0.6 is 0 Å². The first-order chi connectivity index (χ1) is 4.97. The third kappa shape index (κ3) is 0.699. The molecule has 0 aliphatic carbocycles. The molecule has 0 fully saturated rings. The summed E-state index contributed by atoms with van der Waals surface area (Å²) in [4.78, 5) is 6.81. The van der Waals surface area contributed by atoms with Crippen molar-refractivity contribution in [3.63, 3.8) is 0 Å². The number of rotatable bonds is 1. The van der Waals surface area contributed by atoms with Crippen LogP contribution in [-0.4, -0.2) is 19.7 Å². The standard InChI is InChI=1S/C6H6N4/c1-2-6(8-3-1)10-5-7-4-9-10/h1-5,8H. The third-order valence-electron chi connectivity index (χ3n) is 1.25. The molecule has 0 aliphatic heterocycles. The predicted octanol–water partition coefficient (Wildman–Crippen LogP) is 0.595. The second-order valence-electron chi connectivity index (χ2n) is 1.90. The molecule has 2 rings (SSSR count). The monoisotopic (exact) mass is 134 g/mol. The Balaban J connectivity index is 2.48. The van der Waals surface area contributed by atoms with Crippen LogP contribution in [-0.2, 0) is 0 Å². The molecule has 4 nitrogen and oxygen atoms in total. The van der Waals surface area contributed by atoms with Gasteiger partial charge in [0.15, 0.2) is 0 Å². The van der Waals surface area contributed by atoms with Crippen molar-refractivity contribution in [1.29, 1.82) is 0 Å². The largest absolute Gasteiger partial charge is 0.347 e. The molecule has 0 aliphatic rings. The molecule has 2 aromatic rings. The van der Waals surface area contributed by atoms with Crippen molar-refractivity contribution in [2.75, 3.05) is 0 Å². The lowest BCUT2D eigenvalue weighted by molar-refractivity contribution is 0.853. The molecule has 0 saturated carbocycles. The van der Waals surface area contributed by atoms with Gasteiger partial charge in [-0.1, -0.05) is 0 Å². The molecule has 10 heavy (non-hydrogen) atoms. The van der Waals surface area contributed by atoms with Crippen LogP contribution in [0.2, 0.25) is 0 Å². The zero-order valence-corrected chi connectivity index (χ0v) is 5.23. The molecule has 0 radical (unpaired) electrons. The molecule has 0 bridgehead atoms. The lowest BCUT2D eigenvalue weighted by Crippen LogP contribution is -1.92. The Kier molecular flexibility index (Phi) is 1.04. The summed E-state index contributed by atoms with van der Waals surface area (Å²) >= 11 is 0. The van der Waals surface area contributed by atoms with Gasteiger partial charge in [-0.2, -0.15) is 5.10 Å². The Labute approximate surface area is 57.5 Å². The normalized spacial score (nSPS) is 10.0. The third-order valence-corrected chi connectivity index (χ3v) is 1.25. The molecular formula is C6H6N4. The minimum Gasteiger partial charge on any atom is -0.347 e. The molecule has 0 atom stereocenters. The van der Waals surface area contributed by atoms with Gasteiger partial charge in [0.1, 0.15) is 18.5 Å². The fraction of sp³-hybridized carbons (Fsp3) is 0. The minimum atomic E-state index is 0.928. The topological polar surface area (TPSA) is 46.5 Å². The number of hydrogen-bond donors (Lipinski definition) is 1. The summed E-state index contributed by atoms with van der Waals surface area (Å²) in [5, 5.41) is 3.93. The van der Waals surface area contributed by atoms with Crippen LogP contribution in [0.5, 0.6) is 0 Å². The van der Waals surface area contributed by atoms with Gasteiger partial charge in [0.2, 0.25) is 0 Å². The molecule has 50 valence electrons. The lowest BCUT2D eigenvalue weighted by atomic mass is 10.6. The summed E-state index contributed by atoms with van der Waals surface area (Å²) in [5.74, 6) is 0.928. The summed E-state index contributed by atoms with van der Waals surface area (Å²) < 4.78 is 1.67. The van der Waals surface area contributed by atoms with Gasteiger partial charge in [-0.3, -0.25) is 0 Å². The minimum absolute atomic E-state index is 0.928. The summed E-state index contributed by atoms with van der Waals surface area (Å²) in [6, 6.07) is 3.84. The van der Waals surface area contributed by atoms with Crippen LogP contribution in [0.4, 0.5) is 0 Å². The fourth-order valence-electron chi connectivity index (χ4n) is 0.796. The molecule has 1 N–H and O–H groups in total. The number of H-pyrrole nitrogens is 1. The Morgan fingerprint density at radius 1 is 1.50 bits per heavy atom. The number of nitrogens with one attached hydrogen (secondary N) is 1. The summed E-state index contributed by atoms with van der Waals surface area (Å²) in [6.07, 6.45) is 4.99. The van der Waals surface area contributed by atoms with Gasteiger partial charge in [0.05, 0.1) is 0 Å². The van der Waals surface area contributed by atoms with Crippen LogP contribution in [0, 0.1) is 0 Å². The maximum atomic E-state index is 3.93.